The molecular weight excluding hydrogens is 246 g/mol. The number of hydrogen-bond acceptors (Lipinski definition) is 3. The molecule has 0 N–H and O–H groups in total. The first-order valence-corrected chi connectivity index (χ1v) is 6.23. The number of halogens is 1. The van der Waals surface area contributed by atoms with Crippen LogP contribution in [0, 0.1) is 6.92 Å². The Labute approximate surface area is 112 Å². The Morgan fingerprint density at radius 2 is 1.94 bits per heavy atom. The van der Waals surface area contributed by atoms with Crippen molar-refractivity contribution in [2.24, 2.45) is 0 Å². The van der Waals surface area contributed by atoms with Crippen molar-refractivity contribution in [1.29, 1.82) is 0 Å². The monoisotopic (exact) mass is 261 g/mol. The summed E-state index contributed by atoms with van der Waals surface area (Å²) in [5, 5.41) is 0.724. The molecule has 0 unspecified atom stereocenters. The van der Waals surface area contributed by atoms with Crippen LogP contribution in [0.15, 0.2) is 36.5 Å². The van der Waals surface area contributed by atoms with Gasteiger partial charge in [-0.2, -0.15) is 0 Å². The van der Waals surface area contributed by atoms with E-state index in [1.54, 1.807) is 12.3 Å². The van der Waals surface area contributed by atoms with Crippen LogP contribution < -0.4 is 0 Å². The van der Waals surface area contributed by atoms with Crippen molar-refractivity contribution in [3.05, 3.63) is 58.6 Å². The molecule has 0 aromatic carbocycles. The molecule has 94 valence electrons. The molecule has 2 aromatic heterocycles. The van der Waals surface area contributed by atoms with Crippen molar-refractivity contribution in [2.45, 2.75) is 20.0 Å². The predicted octanol–water partition coefficient (Wildman–Crippen LogP) is 3.07. The van der Waals surface area contributed by atoms with Gasteiger partial charge in [-0.1, -0.05) is 17.7 Å². The first-order chi connectivity index (χ1) is 8.63. The molecule has 0 saturated carbocycles. The highest BCUT2D eigenvalue weighted by molar-refractivity contribution is 6.30. The first-order valence-electron chi connectivity index (χ1n) is 5.85. The van der Waals surface area contributed by atoms with Gasteiger partial charge in [-0.25, -0.2) is 0 Å². The smallest absolute Gasteiger partial charge is 0.0558 e. The quantitative estimate of drug-likeness (QED) is 0.847. The Bertz CT molecular complexity index is 480. The van der Waals surface area contributed by atoms with Crippen LogP contribution in [0.1, 0.15) is 17.1 Å². The molecule has 0 aliphatic heterocycles. The van der Waals surface area contributed by atoms with Crippen molar-refractivity contribution < 1.29 is 0 Å². The summed E-state index contributed by atoms with van der Waals surface area (Å²) in [5.74, 6) is 0. The van der Waals surface area contributed by atoms with E-state index in [1.807, 2.05) is 38.2 Å². The topological polar surface area (TPSA) is 29.0 Å². The lowest BCUT2D eigenvalue weighted by molar-refractivity contribution is 0.311. The summed E-state index contributed by atoms with van der Waals surface area (Å²) in [6, 6.07) is 9.75. The molecule has 0 radical (unpaired) electrons. The normalized spacial score (nSPS) is 10.9. The average Bonchev–Trinajstić information content (AvgIpc) is 2.28. The van der Waals surface area contributed by atoms with Crippen LogP contribution in [-0.4, -0.2) is 21.9 Å². The molecule has 0 fully saturated rings. The van der Waals surface area contributed by atoms with E-state index in [1.165, 1.54) is 0 Å². The number of hydrogen-bond donors (Lipinski definition) is 0. The minimum Gasteiger partial charge on any atom is -0.295 e. The molecule has 0 saturated heterocycles. The SMILES string of the molecule is Cc1cccc(CN(C)Cc2cc(Cl)ccn2)n1. The molecule has 0 atom stereocenters. The van der Waals surface area contributed by atoms with Crippen LogP contribution in [0.5, 0.6) is 0 Å². The highest BCUT2D eigenvalue weighted by atomic mass is 35.5. The van der Waals surface area contributed by atoms with E-state index in [4.69, 9.17) is 11.6 Å². The van der Waals surface area contributed by atoms with Crippen molar-refractivity contribution in [3.8, 4) is 0 Å². The van der Waals surface area contributed by atoms with Gasteiger partial charge in [0.05, 0.1) is 11.4 Å². The average molecular weight is 262 g/mol. The van der Waals surface area contributed by atoms with Crippen molar-refractivity contribution in [2.75, 3.05) is 7.05 Å². The summed E-state index contributed by atoms with van der Waals surface area (Å²) in [6.07, 6.45) is 1.73. The second-order valence-corrected chi connectivity index (χ2v) is 4.84. The second kappa shape index (κ2) is 5.94. The maximum Gasteiger partial charge on any atom is 0.0558 e. The third-order valence-corrected chi connectivity index (χ3v) is 2.82. The summed E-state index contributed by atoms with van der Waals surface area (Å²) in [5.41, 5.74) is 3.08. The predicted molar refractivity (Wildman–Crippen MR) is 73.4 cm³/mol. The lowest BCUT2D eigenvalue weighted by Gasteiger charge is -2.15. The van der Waals surface area contributed by atoms with E-state index in [0.717, 1.165) is 35.2 Å². The van der Waals surface area contributed by atoms with Crippen molar-refractivity contribution in [3.63, 3.8) is 0 Å². The molecule has 0 aliphatic rings. The number of aromatic nitrogens is 2. The van der Waals surface area contributed by atoms with Crippen molar-refractivity contribution in [1.82, 2.24) is 14.9 Å². The molecule has 3 nitrogen and oxygen atoms in total. The van der Waals surface area contributed by atoms with Crippen LogP contribution >= 0.6 is 11.6 Å². The third-order valence-electron chi connectivity index (χ3n) is 2.59. The van der Waals surface area contributed by atoms with Crippen LogP contribution in [0.4, 0.5) is 0 Å². The number of pyridine rings is 2. The fourth-order valence-corrected chi connectivity index (χ4v) is 2.01. The highest BCUT2D eigenvalue weighted by Crippen LogP contribution is 2.10. The van der Waals surface area contributed by atoms with Gasteiger partial charge in [-0.05, 0) is 38.2 Å². The molecule has 0 spiro atoms. The molecule has 0 bridgehead atoms. The molecule has 2 aromatic rings. The summed E-state index contributed by atoms with van der Waals surface area (Å²) >= 11 is 5.94. The third kappa shape index (κ3) is 3.79. The summed E-state index contributed by atoms with van der Waals surface area (Å²) < 4.78 is 0. The zero-order chi connectivity index (χ0) is 13.0. The minimum atomic E-state index is 0.724. The Kier molecular flexibility index (Phi) is 4.28. The van der Waals surface area contributed by atoms with Gasteiger partial charge >= 0.3 is 0 Å². The molecule has 0 amide bonds. The largest absolute Gasteiger partial charge is 0.295 e. The van der Waals surface area contributed by atoms with E-state index in [-0.39, 0.29) is 0 Å². The Morgan fingerprint density at radius 1 is 1.17 bits per heavy atom. The van der Waals surface area contributed by atoms with Crippen LogP contribution in [0.3, 0.4) is 0 Å². The van der Waals surface area contributed by atoms with Crippen molar-refractivity contribution >= 4 is 11.6 Å². The Morgan fingerprint density at radius 3 is 2.67 bits per heavy atom. The standard InChI is InChI=1S/C14H16ClN3/c1-11-4-3-5-13(17-11)9-18(2)10-14-8-12(15)6-7-16-14/h3-8H,9-10H2,1-2H3. The molecule has 2 heterocycles. The van der Waals surface area contributed by atoms with Gasteiger partial charge in [0, 0.05) is 30.0 Å². The maximum absolute atomic E-state index is 5.94. The molecule has 18 heavy (non-hydrogen) atoms. The summed E-state index contributed by atoms with van der Waals surface area (Å²) in [4.78, 5) is 10.9. The van der Waals surface area contributed by atoms with E-state index in [0.29, 0.717) is 0 Å². The van der Waals surface area contributed by atoms with Gasteiger partial charge in [0.15, 0.2) is 0 Å². The lowest BCUT2D eigenvalue weighted by atomic mass is 10.3. The van der Waals surface area contributed by atoms with Gasteiger partial charge < -0.3 is 0 Å². The van der Waals surface area contributed by atoms with Crippen LogP contribution in [0.25, 0.3) is 0 Å². The first kappa shape index (κ1) is 13.0. The molecule has 2 rings (SSSR count). The maximum atomic E-state index is 5.94. The van der Waals surface area contributed by atoms with Gasteiger partial charge in [-0.3, -0.25) is 14.9 Å². The van der Waals surface area contributed by atoms with Crippen LogP contribution in [-0.2, 0) is 13.1 Å². The highest BCUT2D eigenvalue weighted by Gasteiger charge is 2.04. The van der Waals surface area contributed by atoms with E-state index in [9.17, 15) is 0 Å². The van der Waals surface area contributed by atoms with E-state index in [2.05, 4.69) is 14.9 Å². The zero-order valence-electron chi connectivity index (χ0n) is 10.6. The fourth-order valence-electron chi connectivity index (χ4n) is 1.83. The van der Waals surface area contributed by atoms with E-state index >= 15 is 0 Å². The molecule has 0 aliphatic carbocycles. The Hall–Kier alpha value is -1.45. The molecular formula is C14H16ClN3. The second-order valence-electron chi connectivity index (χ2n) is 4.41. The minimum absolute atomic E-state index is 0.724. The van der Waals surface area contributed by atoms with E-state index < -0.39 is 0 Å². The van der Waals surface area contributed by atoms with Gasteiger partial charge in [0.25, 0.3) is 0 Å². The Balaban J connectivity index is 1.98. The van der Waals surface area contributed by atoms with Gasteiger partial charge in [0.2, 0.25) is 0 Å². The zero-order valence-corrected chi connectivity index (χ0v) is 11.4. The number of aryl methyl sites for hydroxylation is 1. The number of rotatable bonds is 4. The lowest BCUT2D eigenvalue weighted by Crippen LogP contribution is -2.18. The fraction of sp³-hybridized carbons (Fsp3) is 0.286. The van der Waals surface area contributed by atoms with Gasteiger partial charge in [-0.15, -0.1) is 0 Å². The summed E-state index contributed by atoms with van der Waals surface area (Å²) in [7, 11) is 2.05. The van der Waals surface area contributed by atoms with Crippen LogP contribution in [0.2, 0.25) is 5.02 Å². The number of nitrogens with zero attached hydrogens (tertiary/aromatic N) is 3. The molecule has 4 heteroatoms. The summed E-state index contributed by atoms with van der Waals surface area (Å²) in [6.45, 7) is 3.56. The van der Waals surface area contributed by atoms with Gasteiger partial charge in [0.1, 0.15) is 0 Å².